The number of cyclic esters (lactones) is 1. The Balaban J connectivity index is 1.50. The van der Waals surface area contributed by atoms with Gasteiger partial charge in [-0.3, -0.25) is 9.59 Å². The van der Waals surface area contributed by atoms with Crippen molar-refractivity contribution in [1.82, 2.24) is 10.3 Å². The van der Waals surface area contributed by atoms with Crippen molar-refractivity contribution >= 4 is 17.8 Å². The van der Waals surface area contributed by atoms with Gasteiger partial charge in [-0.25, -0.2) is 9.78 Å². The molecule has 44 heavy (non-hydrogen) atoms. The monoisotopic (exact) mass is 606 g/mol. The van der Waals surface area contributed by atoms with E-state index in [1.54, 1.807) is 6.92 Å². The predicted octanol–water partition coefficient (Wildman–Crippen LogP) is 4.37. The van der Waals surface area contributed by atoms with Crippen LogP contribution in [0.25, 0.3) is 0 Å². The highest BCUT2D eigenvalue weighted by molar-refractivity contribution is 5.98. The Morgan fingerprint density at radius 2 is 1.61 bits per heavy atom. The molecule has 0 aliphatic carbocycles. The van der Waals surface area contributed by atoms with Gasteiger partial charge in [-0.05, 0) is 37.3 Å². The number of pyridine rings is 1. The molecule has 1 N–H and O–H groups in total. The van der Waals surface area contributed by atoms with Gasteiger partial charge in [-0.1, -0.05) is 60.7 Å². The van der Waals surface area contributed by atoms with Crippen LogP contribution >= 0.6 is 0 Å². The van der Waals surface area contributed by atoms with Gasteiger partial charge >= 0.3 is 11.9 Å². The molecule has 2 heterocycles. The maximum absolute atomic E-state index is 13.4. The first-order chi connectivity index (χ1) is 21.4. The van der Waals surface area contributed by atoms with E-state index in [0.29, 0.717) is 32.5 Å². The Bertz CT molecular complexity index is 1370. The van der Waals surface area contributed by atoms with Gasteiger partial charge < -0.3 is 33.7 Å². The SMILES string of the molecule is COc1ccnc(C(=O)N[C@H]2CCC[C@H](OCc3ccccc3)[C@@H](OCc3ccccc3)[C@H](C)OC2=O)c1OCOC(C)=O. The van der Waals surface area contributed by atoms with Crippen LogP contribution in [-0.2, 0) is 41.8 Å². The Hall–Kier alpha value is -4.48. The van der Waals surface area contributed by atoms with Crippen LogP contribution in [0.4, 0.5) is 0 Å². The number of carbonyl (C=O) groups is 3. The summed E-state index contributed by atoms with van der Waals surface area (Å²) in [5, 5.41) is 2.74. The number of amides is 1. The first kappa shape index (κ1) is 32.4. The number of nitrogens with one attached hydrogen (secondary N) is 1. The van der Waals surface area contributed by atoms with E-state index in [2.05, 4.69) is 10.3 Å². The molecule has 0 unspecified atom stereocenters. The summed E-state index contributed by atoms with van der Waals surface area (Å²) >= 11 is 0. The van der Waals surface area contributed by atoms with Crippen LogP contribution in [0.15, 0.2) is 72.9 Å². The van der Waals surface area contributed by atoms with Gasteiger partial charge in [-0.2, -0.15) is 0 Å². The number of carbonyl (C=O) groups excluding carboxylic acids is 3. The number of hydrogen-bond donors (Lipinski definition) is 1. The van der Waals surface area contributed by atoms with E-state index in [1.165, 1.54) is 26.3 Å². The van der Waals surface area contributed by atoms with Crippen LogP contribution in [0.2, 0.25) is 0 Å². The summed E-state index contributed by atoms with van der Waals surface area (Å²) in [7, 11) is 1.40. The molecular weight excluding hydrogens is 568 g/mol. The summed E-state index contributed by atoms with van der Waals surface area (Å²) in [6.45, 7) is 3.23. The van der Waals surface area contributed by atoms with Gasteiger partial charge in [0.25, 0.3) is 5.91 Å². The van der Waals surface area contributed by atoms with Gasteiger partial charge in [0.05, 0.1) is 26.4 Å². The van der Waals surface area contributed by atoms with Gasteiger partial charge in [0.15, 0.2) is 17.2 Å². The largest absolute Gasteiger partial charge is 0.493 e. The number of aromatic nitrogens is 1. The molecule has 0 bridgehead atoms. The molecule has 11 heteroatoms. The molecule has 0 saturated carbocycles. The summed E-state index contributed by atoms with van der Waals surface area (Å²) in [4.78, 5) is 42.1. The second kappa shape index (κ2) is 16.4. The third kappa shape index (κ3) is 9.26. The van der Waals surface area contributed by atoms with Gasteiger partial charge in [0.1, 0.15) is 18.2 Å². The molecule has 1 aliphatic heterocycles. The topological polar surface area (TPSA) is 132 Å². The lowest BCUT2D eigenvalue weighted by atomic mass is 10.0. The lowest BCUT2D eigenvalue weighted by molar-refractivity contribution is -0.170. The third-order valence-corrected chi connectivity index (χ3v) is 7.06. The van der Waals surface area contributed by atoms with Crippen molar-refractivity contribution in [2.75, 3.05) is 13.9 Å². The Morgan fingerprint density at radius 3 is 2.25 bits per heavy atom. The number of benzene rings is 2. The minimum absolute atomic E-state index is 0.0256. The quantitative estimate of drug-likeness (QED) is 0.234. The molecule has 1 saturated heterocycles. The lowest BCUT2D eigenvalue weighted by Crippen LogP contribution is -2.45. The van der Waals surface area contributed by atoms with Crippen molar-refractivity contribution in [2.24, 2.45) is 0 Å². The van der Waals surface area contributed by atoms with Crippen LogP contribution in [-0.4, -0.2) is 61.1 Å². The molecule has 4 rings (SSSR count). The molecule has 1 aliphatic rings. The summed E-state index contributed by atoms with van der Waals surface area (Å²) in [5.74, 6) is -1.65. The average Bonchev–Trinajstić information content (AvgIpc) is 3.08. The second-order valence-electron chi connectivity index (χ2n) is 10.3. The Kier molecular flexibility index (Phi) is 12.1. The van der Waals surface area contributed by atoms with Crippen LogP contribution in [0, 0.1) is 0 Å². The predicted molar refractivity (Wildman–Crippen MR) is 159 cm³/mol. The van der Waals surface area contributed by atoms with Crippen molar-refractivity contribution in [2.45, 2.75) is 70.7 Å². The summed E-state index contributed by atoms with van der Waals surface area (Å²) in [5.41, 5.74) is 1.86. The molecule has 234 valence electrons. The van der Waals surface area contributed by atoms with E-state index in [1.807, 2.05) is 60.7 Å². The molecule has 1 fully saturated rings. The normalized spacial score (nSPS) is 20.3. The Labute approximate surface area is 256 Å². The van der Waals surface area contributed by atoms with E-state index >= 15 is 0 Å². The number of methoxy groups -OCH3 is 1. The van der Waals surface area contributed by atoms with Crippen molar-refractivity contribution in [3.8, 4) is 11.5 Å². The standard InChI is InChI=1S/C33H38N2O9/c1-22-30(41-20-25-13-8-5-9-14-25)28(40-19-24-11-6-4-7-12-24)16-10-15-26(33(38)44-22)35-32(37)29-31(43-21-42-23(2)36)27(39-3)17-18-34-29/h4-9,11-14,17-18,22,26,28,30H,10,15-16,19-21H2,1-3H3,(H,35,37)/t22-,26-,28-,30-/m0/s1. The number of esters is 2. The molecular formula is C33H38N2O9. The molecule has 1 aromatic heterocycles. The maximum Gasteiger partial charge on any atom is 0.329 e. The number of ether oxygens (including phenoxy) is 6. The van der Waals surface area contributed by atoms with E-state index < -0.39 is 42.9 Å². The van der Waals surface area contributed by atoms with Crippen LogP contribution in [0.3, 0.4) is 0 Å². The lowest BCUT2D eigenvalue weighted by Gasteiger charge is -2.31. The van der Waals surface area contributed by atoms with Crippen LogP contribution in [0.1, 0.15) is 54.7 Å². The fraction of sp³-hybridized carbons (Fsp3) is 0.394. The van der Waals surface area contributed by atoms with Gasteiger partial charge in [-0.15, -0.1) is 0 Å². The first-order valence-corrected chi connectivity index (χ1v) is 14.5. The van der Waals surface area contributed by atoms with Gasteiger partial charge in [0, 0.05) is 19.2 Å². The molecule has 0 spiro atoms. The highest BCUT2D eigenvalue weighted by atomic mass is 16.7. The number of hydrogen-bond acceptors (Lipinski definition) is 10. The van der Waals surface area contributed by atoms with Crippen molar-refractivity contribution in [1.29, 1.82) is 0 Å². The Morgan fingerprint density at radius 1 is 0.955 bits per heavy atom. The van der Waals surface area contributed by atoms with Crippen LogP contribution in [0.5, 0.6) is 11.5 Å². The minimum Gasteiger partial charge on any atom is -0.493 e. The first-order valence-electron chi connectivity index (χ1n) is 14.5. The third-order valence-electron chi connectivity index (χ3n) is 7.06. The number of nitrogens with zero attached hydrogens (tertiary/aromatic N) is 1. The van der Waals surface area contributed by atoms with E-state index in [9.17, 15) is 14.4 Å². The molecule has 1 amide bonds. The zero-order chi connectivity index (χ0) is 31.3. The summed E-state index contributed by atoms with van der Waals surface area (Å²) < 4.78 is 34.2. The molecule has 0 radical (unpaired) electrons. The van der Waals surface area contributed by atoms with Crippen LogP contribution < -0.4 is 14.8 Å². The zero-order valence-corrected chi connectivity index (χ0v) is 25.1. The van der Waals surface area contributed by atoms with Crippen molar-refractivity contribution in [3.63, 3.8) is 0 Å². The highest BCUT2D eigenvalue weighted by Gasteiger charge is 2.36. The zero-order valence-electron chi connectivity index (χ0n) is 25.1. The maximum atomic E-state index is 13.4. The average molecular weight is 607 g/mol. The molecule has 3 aromatic rings. The fourth-order valence-electron chi connectivity index (χ4n) is 4.83. The van der Waals surface area contributed by atoms with Gasteiger partial charge in [0.2, 0.25) is 6.79 Å². The molecule has 11 nitrogen and oxygen atoms in total. The fourth-order valence-corrected chi connectivity index (χ4v) is 4.83. The summed E-state index contributed by atoms with van der Waals surface area (Å²) in [6, 6.07) is 20.1. The van der Waals surface area contributed by atoms with E-state index in [-0.39, 0.29) is 23.3 Å². The van der Waals surface area contributed by atoms with E-state index in [4.69, 9.17) is 28.4 Å². The number of rotatable bonds is 12. The smallest absolute Gasteiger partial charge is 0.329 e. The highest BCUT2D eigenvalue weighted by Crippen LogP contribution is 2.30. The van der Waals surface area contributed by atoms with Crippen molar-refractivity contribution in [3.05, 3.63) is 89.7 Å². The van der Waals surface area contributed by atoms with E-state index in [0.717, 1.165) is 11.1 Å². The molecule has 2 aromatic carbocycles. The second-order valence-corrected chi connectivity index (χ2v) is 10.3. The minimum atomic E-state index is -0.970. The molecule has 4 atom stereocenters. The van der Waals surface area contributed by atoms with Crippen molar-refractivity contribution < 1.29 is 42.8 Å². The summed E-state index contributed by atoms with van der Waals surface area (Å²) in [6.07, 6.45) is 1.16.